The molecule has 7 nitrogen and oxygen atoms in total. The van der Waals surface area contributed by atoms with E-state index in [1.54, 1.807) is 0 Å². The van der Waals surface area contributed by atoms with Gasteiger partial charge in [-0.2, -0.15) is 0 Å². The van der Waals surface area contributed by atoms with Crippen LogP contribution in [0.2, 0.25) is 0 Å². The Bertz CT molecular complexity index is 611. The van der Waals surface area contributed by atoms with Gasteiger partial charge < -0.3 is 24.8 Å². The summed E-state index contributed by atoms with van der Waals surface area (Å²) < 4.78 is 17.1. The summed E-state index contributed by atoms with van der Waals surface area (Å²) in [7, 11) is 0. The summed E-state index contributed by atoms with van der Waals surface area (Å²) in [4.78, 5) is 9.13. The van der Waals surface area contributed by atoms with Crippen molar-refractivity contribution in [2.75, 3.05) is 39.5 Å². The summed E-state index contributed by atoms with van der Waals surface area (Å²) in [6.07, 6.45) is 10.4. The fourth-order valence-corrected chi connectivity index (χ4v) is 3.79. The predicted molar refractivity (Wildman–Crippen MR) is 119 cm³/mol. The molecule has 1 aromatic heterocycles. The van der Waals surface area contributed by atoms with Gasteiger partial charge in [0.15, 0.2) is 5.96 Å². The molecule has 0 amide bonds. The highest BCUT2D eigenvalue weighted by Gasteiger charge is 2.16. The molecule has 1 atom stereocenters. The van der Waals surface area contributed by atoms with Gasteiger partial charge in [-0.25, -0.2) is 9.98 Å². The Balaban J connectivity index is 1.34. The number of nitrogens with zero attached hydrogens (tertiary/aromatic N) is 2. The molecule has 1 aromatic rings. The largest absolute Gasteiger partial charge is 0.474 e. The highest BCUT2D eigenvalue weighted by atomic mass is 16.5. The van der Waals surface area contributed by atoms with Gasteiger partial charge in [0.05, 0.1) is 19.8 Å². The monoisotopic (exact) mass is 418 g/mol. The zero-order valence-electron chi connectivity index (χ0n) is 18.4. The van der Waals surface area contributed by atoms with Crippen molar-refractivity contribution in [1.82, 2.24) is 15.6 Å². The van der Waals surface area contributed by atoms with Gasteiger partial charge in [0.2, 0.25) is 5.88 Å². The number of aliphatic imine (C=N–C) groups is 1. The highest BCUT2D eigenvalue weighted by Crippen LogP contribution is 2.22. The average Bonchev–Trinajstić information content (AvgIpc) is 3.30. The van der Waals surface area contributed by atoms with Gasteiger partial charge in [-0.1, -0.05) is 12.5 Å². The van der Waals surface area contributed by atoms with Crippen LogP contribution in [0.4, 0.5) is 0 Å². The highest BCUT2D eigenvalue weighted by molar-refractivity contribution is 5.79. The van der Waals surface area contributed by atoms with Crippen LogP contribution in [0.1, 0.15) is 57.4 Å². The SMILES string of the molecule is CCNC(=NCc1ccc(OC2CCCCC2)nc1)NCCCOCC1CCOC1. The van der Waals surface area contributed by atoms with Gasteiger partial charge in [-0.05, 0) is 51.0 Å². The molecule has 1 unspecified atom stereocenters. The standard InChI is InChI=1S/C23H38N4O3/c1-2-24-23(25-12-6-13-28-17-20-11-14-29-18-20)27-16-19-9-10-22(26-15-19)30-21-7-4-3-5-8-21/h9-10,15,20-21H,2-8,11-14,16-18H2,1H3,(H2,24,25,27). The molecule has 30 heavy (non-hydrogen) atoms. The third-order valence-electron chi connectivity index (χ3n) is 5.54. The lowest BCUT2D eigenvalue weighted by atomic mass is 9.98. The lowest BCUT2D eigenvalue weighted by Crippen LogP contribution is -2.38. The quantitative estimate of drug-likeness (QED) is 0.326. The number of ether oxygens (including phenoxy) is 3. The molecular weight excluding hydrogens is 380 g/mol. The van der Waals surface area contributed by atoms with Crippen LogP contribution in [-0.4, -0.2) is 56.6 Å². The molecule has 0 spiro atoms. The van der Waals surface area contributed by atoms with Crippen molar-refractivity contribution in [2.24, 2.45) is 10.9 Å². The van der Waals surface area contributed by atoms with E-state index in [-0.39, 0.29) is 0 Å². The van der Waals surface area contributed by atoms with E-state index in [0.29, 0.717) is 18.6 Å². The normalized spacial score (nSPS) is 20.3. The van der Waals surface area contributed by atoms with Crippen molar-refractivity contribution in [3.8, 4) is 5.88 Å². The van der Waals surface area contributed by atoms with Gasteiger partial charge in [0.1, 0.15) is 6.10 Å². The Morgan fingerprint density at radius 3 is 2.83 bits per heavy atom. The van der Waals surface area contributed by atoms with Gasteiger partial charge >= 0.3 is 0 Å². The lowest BCUT2D eigenvalue weighted by Gasteiger charge is -2.22. The maximum Gasteiger partial charge on any atom is 0.213 e. The number of aromatic nitrogens is 1. The zero-order valence-corrected chi connectivity index (χ0v) is 18.4. The minimum Gasteiger partial charge on any atom is -0.474 e. The first-order chi connectivity index (χ1) is 14.8. The van der Waals surface area contributed by atoms with Crippen LogP contribution in [0.15, 0.2) is 23.3 Å². The number of nitrogens with one attached hydrogen (secondary N) is 2. The molecule has 7 heteroatoms. The number of hydrogen-bond acceptors (Lipinski definition) is 5. The van der Waals surface area contributed by atoms with Crippen LogP contribution in [0.5, 0.6) is 5.88 Å². The summed E-state index contributed by atoms with van der Waals surface area (Å²) in [5, 5.41) is 6.66. The Morgan fingerprint density at radius 2 is 2.10 bits per heavy atom. The molecule has 2 fully saturated rings. The molecule has 1 aliphatic heterocycles. The van der Waals surface area contributed by atoms with Crippen LogP contribution in [-0.2, 0) is 16.0 Å². The number of hydrogen-bond donors (Lipinski definition) is 2. The van der Waals surface area contributed by atoms with E-state index in [1.807, 2.05) is 12.3 Å². The van der Waals surface area contributed by atoms with Crippen LogP contribution < -0.4 is 15.4 Å². The topological polar surface area (TPSA) is 77.0 Å². The van der Waals surface area contributed by atoms with Gasteiger partial charge in [-0.15, -0.1) is 0 Å². The molecule has 0 bridgehead atoms. The van der Waals surface area contributed by atoms with Crippen molar-refractivity contribution in [2.45, 2.75) is 64.5 Å². The fraction of sp³-hybridized carbons (Fsp3) is 0.739. The first kappa shape index (κ1) is 22.8. The average molecular weight is 419 g/mol. The minimum atomic E-state index is 0.329. The van der Waals surface area contributed by atoms with Crippen LogP contribution >= 0.6 is 0 Å². The fourth-order valence-electron chi connectivity index (χ4n) is 3.79. The van der Waals surface area contributed by atoms with Crippen LogP contribution in [0.25, 0.3) is 0 Å². The van der Waals surface area contributed by atoms with Crippen molar-refractivity contribution >= 4 is 5.96 Å². The molecule has 1 saturated carbocycles. The maximum absolute atomic E-state index is 6.00. The second-order valence-electron chi connectivity index (χ2n) is 8.16. The molecule has 0 radical (unpaired) electrons. The van der Waals surface area contributed by atoms with Gasteiger partial charge in [0, 0.05) is 44.5 Å². The van der Waals surface area contributed by atoms with Gasteiger partial charge in [0.25, 0.3) is 0 Å². The summed E-state index contributed by atoms with van der Waals surface area (Å²) in [5.74, 6) is 2.12. The Morgan fingerprint density at radius 1 is 1.20 bits per heavy atom. The Kier molecular flexibility index (Phi) is 10.2. The first-order valence-corrected chi connectivity index (χ1v) is 11.6. The van der Waals surface area contributed by atoms with E-state index in [2.05, 4.69) is 33.6 Å². The number of pyridine rings is 1. The van der Waals surface area contributed by atoms with E-state index in [1.165, 1.54) is 19.3 Å². The van der Waals surface area contributed by atoms with Gasteiger partial charge in [-0.3, -0.25) is 0 Å². The molecule has 0 aromatic carbocycles. The van der Waals surface area contributed by atoms with Crippen molar-refractivity contribution in [3.05, 3.63) is 23.9 Å². The molecule has 2 heterocycles. The van der Waals surface area contributed by atoms with E-state index in [4.69, 9.17) is 14.2 Å². The molecule has 168 valence electrons. The molecule has 2 aliphatic rings. The maximum atomic E-state index is 6.00. The smallest absolute Gasteiger partial charge is 0.213 e. The minimum absolute atomic E-state index is 0.329. The van der Waals surface area contributed by atoms with E-state index in [0.717, 1.165) is 82.6 Å². The Hall–Kier alpha value is -1.86. The van der Waals surface area contributed by atoms with Crippen LogP contribution in [0.3, 0.4) is 0 Å². The Labute approximate surface area is 181 Å². The van der Waals surface area contributed by atoms with Crippen molar-refractivity contribution in [3.63, 3.8) is 0 Å². The summed E-state index contributed by atoms with van der Waals surface area (Å²) >= 11 is 0. The summed E-state index contributed by atoms with van der Waals surface area (Å²) in [6, 6.07) is 4.02. The predicted octanol–water partition coefficient (Wildman–Crippen LogP) is 3.29. The van der Waals surface area contributed by atoms with E-state index >= 15 is 0 Å². The second kappa shape index (κ2) is 13.4. The number of rotatable bonds is 11. The first-order valence-electron chi connectivity index (χ1n) is 11.6. The number of guanidine groups is 1. The summed E-state index contributed by atoms with van der Waals surface area (Å²) in [5.41, 5.74) is 1.07. The molecule has 3 rings (SSSR count). The lowest BCUT2D eigenvalue weighted by molar-refractivity contribution is 0.0888. The van der Waals surface area contributed by atoms with E-state index < -0.39 is 0 Å². The third kappa shape index (κ3) is 8.48. The molecule has 1 saturated heterocycles. The molecular formula is C23H38N4O3. The molecule has 2 N–H and O–H groups in total. The zero-order chi connectivity index (χ0) is 20.9. The van der Waals surface area contributed by atoms with Crippen molar-refractivity contribution in [1.29, 1.82) is 0 Å². The summed E-state index contributed by atoms with van der Waals surface area (Å²) in [6.45, 7) is 7.61. The molecule has 1 aliphatic carbocycles. The van der Waals surface area contributed by atoms with E-state index in [9.17, 15) is 0 Å². The van der Waals surface area contributed by atoms with Crippen LogP contribution in [0, 0.1) is 5.92 Å². The van der Waals surface area contributed by atoms with Crippen molar-refractivity contribution < 1.29 is 14.2 Å². The third-order valence-corrected chi connectivity index (χ3v) is 5.54. The second-order valence-corrected chi connectivity index (χ2v) is 8.16.